The van der Waals surface area contributed by atoms with Crippen LogP contribution < -0.4 is 5.32 Å². The Kier molecular flexibility index (Phi) is 4.09. The van der Waals surface area contributed by atoms with Crippen molar-refractivity contribution in [1.82, 2.24) is 15.2 Å². The van der Waals surface area contributed by atoms with E-state index < -0.39 is 0 Å². The maximum atomic E-state index is 11.0. The third kappa shape index (κ3) is 3.82. The van der Waals surface area contributed by atoms with E-state index in [1.807, 2.05) is 24.5 Å². The summed E-state index contributed by atoms with van der Waals surface area (Å²) < 4.78 is 0. The predicted molar refractivity (Wildman–Crippen MR) is 66.4 cm³/mol. The van der Waals surface area contributed by atoms with Gasteiger partial charge in [-0.05, 0) is 37.1 Å². The van der Waals surface area contributed by atoms with Crippen LogP contribution in [0.15, 0.2) is 24.5 Å². The standard InChI is InChI=1S/C13H19N3O/c1-11(17)15-13-3-2-8-16(10-13)9-12-4-6-14-7-5-12/h4-7,13H,2-3,8-10H2,1H3,(H,15,17). The van der Waals surface area contributed by atoms with Gasteiger partial charge in [-0.15, -0.1) is 0 Å². The minimum absolute atomic E-state index is 0.0701. The molecule has 0 aliphatic carbocycles. The van der Waals surface area contributed by atoms with Crippen LogP contribution in [0, 0.1) is 0 Å². The maximum Gasteiger partial charge on any atom is 0.217 e. The zero-order chi connectivity index (χ0) is 12.1. The molecule has 0 radical (unpaired) electrons. The summed E-state index contributed by atoms with van der Waals surface area (Å²) in [6.45, 7) is 4.58. The first-order valence-corrected chi connectivity index (χ1v) is 6.12. The van der Waals surface area contributed by atoms with E-state index in [-0.39, 0.29) is 5.91 Å². The quantitative estimate of drug-likeness (QED) is 0.852. The normalized spacial score (nSPS) is 21.1. The molecule has 0 saturated carbocycles. The SMILES string of the molecule is CC(=O)NC1CCCN(Cc2ccncc2)C1. The van der Waals surface area contributed by atoms with Crippen molar-refractivity contribution in [2.45, 2.75) is 32.4 Å². The molecule has 1 fully saturated rings. The molecule has 1 amide bonds. The Labute approximate surface area is 102 Å². The molecule has 0 bridgehead atoms. The number of amides is 1. The summed E-state index contributed by atoms with van der Waals surface area (Å²) in [5.41, 5.74) is 1.28. The highest BCUT2D eigenvalue weighted by Gasteiger charge is 2.20. The second-order valence-corrected chi connectivity index (χ2v) is 4.63. The van der Waals surface area contributed by atoms with Crippen molar-refractivity contribution in [3.63, 3.8) is 0 Å². The number of aromatic nitrogens is 1. The Balaban J connectivity index is 1.87. The van der Waals surface area contributed by atoms with Crippen LogP contribution in [-0.4, -0.2) is 34.9 Å². The molecule has 4 nitrogen and oxygen atoms in total. The molecule has 1 aromatic rings. The first kappa shape index (κ1) is 12.0. The van der Waals surface area contributed by atoms with Gasteiger partial charge in [-0.25, -0.2) is 0 Å². The molecule has 1 unspecified atom stereocenters. The van der Waals surface area contributed by atoms with Gasteiger partial charge in [0.05, 0.1) is 0 Å². The monoisotopic (exact) mass is 233 g/mol. The van der Waals surface area contributed by atoms with E-state index in [4.69, 9.17) is 0 Å². The van der Waals surface area contributed by atoms with E-state index in [0.717, 1.165) is 32.5 Å². The third-order valence-corrected chi connectivity index (χ3v) is 3.07. The van der Waals surface area contributed by atoms with E-state index in [1.54, 1.807) is 6.92 Å². The molecular weight excluding hydrogens is 214 g/mol. The van der Waals surface area contributed by atoms with Crippen LogP contribution in [0.5, 0.6) is 0 Å². The van der Waals surface area contributed by atoms with Crippen molar-refractivity contribution in [1.29, 1.82) is 0 Å². The number of carbonyl (C=O) groups is 1. The number of piperidine rings is 1. The summed E-state index contributed by atoms with van der Waals surface area (Å²) >= 11 is 0. The van der Waals surface area contributed by atoms with Crippen LogP contribution in [0.2, 0.25) is 0 Å². The highest BCUT2D eigenvalue weighted by atomic mass is 16.1. The Morgan fingerprint density at radius 1 is 1.53 bits per heavy atom. The molecule has 1 saturated heterocycles. The van der Waals surface area contributed by atoms with Gasteiger partial charge in [-0.1, -0.05) is 0 Å². The molecule has 4 heteroatoms. The highest BCUT2D eigenvalue weighted by Crippen LogP contribution is 2.13. The molecule has 0 aromatic carbocycles. The largest absolute Gasteiger partial charge is 0.352 e. The predicted octanol–water partition coefficient (Wildman–Crippen LogP) is 1.18. The van der Waals surface area contributed by atoms with Crippen molar-refractivity contribution < 1.29 is 4.79 Å². The average Bonchev–Trinajstić information content (AvgIpc) is 2.30. The molecule has 92 valence electrons. The zero-order valence-electron chi connectivity index (χ0n) is 10.2. The molecule has 1 aliphatic heterocycles. The number of rotatable bonds is 3. The van der Waals surface area contributed by atoms with Crippen molar-refractivity contribution in [2.75, 3.05) is 13.1 Å². The second-order valence-electron chi connectivity index (χ2n) is 4.63. The number of likely N-dealkylation sites (tertiary alicyclic amines) is 1. The number of hydrogen-bond acceptors (Lipinski definition) is 3. The number of carbonyl (C=O) groups excluding carboxylic acids is 1. The lowest BCUT2D eigenvalue weighted by atomic mass is 10.0. The van der Waals surface area contributed by atoms with Crippen molar-refractivity contribution >= 4 is 5.91 Å². The van der Waals surface area contributed by atoms with Crippen LogP contribution in [0.25, 0.3) is 0 Å². The lowest BCUT2D eigenvalue weighted by molar-refractivity contribution is -0.120. The summed E-state index contributed by atoms with van der Waals surface area (Å²) in [6, 6.07) is 4.40. The van der Waals surface area contributed by atoms with Crippen LogP contribution in [0.3, 0.4) is 0 Å². The Morgan fingerprint density at radius 2 is 2.29 bits per heavy atom. The van der Waals surface area contributed by atoms with E-state index in [0.29, 0.717) is 6.04 Å². The smallest absolute Gasteiger partial charge is 0.217 e. The minimum Gasteiger partial charge on any atom is -0.352 e. The van der Waals surface area contributed by atoms with Crippen LogP contribution in [0.4, 0.5) is 0 Å². The molecule has 2 heterocycles. The number of nitrogens with zero attached hydrogens (tertiary/aromatic N) is 2. The van der Waals surface area contributed by atoms with Crippen LogP contribution in [0.1, 0.15) is 25.3 Å². The van der Waals surface area contributed by atoms with E-state index in [2.05, 4.69) is 15.2 Å². The molecule has 1 aliphatic rings. The summed E-state index contributed by atoms with van der Waals surface area (Å²) in [6.07, 6.45) is 5.89. The van der Waals surface area contributed by atoms with Gasteiger partial charge in [-0.3, -0.25) is 14.7 Å². The number of pyridine rings is 1. The van der Waals surface area contributed by atoms with Gasteiger partial charge in [0.15, 0.2) is 0 Å². The van der Waals surface area contributed by atoms with Crippen molar-refractivity contribution in [2.24, 2.45) is 0 Å². The Hall–Kier alpha value is -1.42. The summed E-state index contributed by atoms with van der Waals surface area (Å²) in [7, 11) is 0. The number of nitrogens with one attached hydrogen (secondary N) is 1. The van der Waals surface area contributed by atoms with Gasteiger partial charge in [0, 0.05) is 38.4 Å². The summed E-state index contributed by atoms with van der Waals surface area (Å²) in [5, 5.41) is 3.00. The maximum absolute atomic E-state index is 11.0. The van der Waals surface area contributed by atoms with Crippen molar-refractivity contribution in [3.05, 3.63) is 30.1 Å². The Morgan fingerprint density at radius 3 is 3.00 bits per heavy atom. The molecule has 17 heavy (non-hydrogen) atoms. The van der Waals surface area contributed by atoms with Gasteiger partial charge in [-0.2, -0.15) is 0 Å². The zero-order valence-corrected chi connectivity index (χ0v) is 10.2. The van der Waals surface area contributed by atoms with Gasteiger partial charge < -0.3 is 5.32 Å². The van der Waals surface area contributed by atoms with Gasteiger partial charge in [0.1, 0.15) is 0 Å². The van der Waals surface area contributed by atoms with Crippen molar-refractivity contribution in [3.8, 4) is 0 Å². The minimum atomic E-state index is 0.0701. The van der Waals surface area contributed by atoms with E-state index in [9.17, 15) is 4.79 Å². The summed E-state index contributed by atoms with van der Waals surface area (Å²) in [5.74, 6) is 0.0701. The molecule has 1 N–H and O–H groups in total. The molecule has 0 spiro atoms. The van der Waals surface area contributed by atoms with Gasteiger partial charge in [0.25, 0.3) is 0 Å². The fourth-order valence-corrected chi connectivity index (χ4v) is 2.35. The molecule has 1 atom stereocenters. The fourth-order valence-electron chi connectivity index (χ4n) is 2.35. The van der Waals surface area contributed by atoms with Crippen LogP contribution in [-0.2, 0) is 11.3 Å². The molecular formula is C13H19N3O. The third-order valence-electron chi connectivity index (χ3n) is 3.07. The summed E-state index contributed by atoms with van der Waals surface area (Å²) in [4.78, 5) is 17.4. The first-order chi connectivity index (χ1) is 8.24. The molecule has 1 aromatic heterocycles. The Bertz CT molecular complexity index is 366. The first-order valence-electron chi connectivity index (χ1n) is 6.12. The fraction of sp³-hybridized carbons (Fsp3) is 0.538. The number of hydrogen-bond donors (Lipinski definition) is 1. The second kappa shape index (κ2) is 5.77. The van der Waals surface area contributed by atoms with Gasteiger partial charge >= 0.3 is 0 Å². The topological polar surface area (TPSA) is 45.2 Å². The average molecular weight is 233 g/mol. The van der Waals surface area contributed by atoms with E-state index >= 15 is 0 Å². The van der Waals surface area contributed by atoms with Crippen LogP contribution >= 0.6 is 0 Å². The van der Waals surface area contributed by atoms with E-state index in [1.165, 1.54) is 5.56 Å². The highest BCUT2D eigenvalue weighted by molar-refractivity contribution is 5.73. The molecule has 2 rings (SSSR count). The lowest BCUT2D eigenvalue weighted by Crippen LogP contribution is -2.46. The lowest BCUT2D eigenvalue weighted by Gasteiger charge is -2.32. The van der Waals surface area contributed by atoms with Gasteiger partial charge in [0.2, 0.25) is 5.91 Å².